The van der Waals surface area contributed by atoms with Gasteiger partial charge in [-0.3, -0.25) is 9.52 Å². The Balaban J connectivity index is 1.65. The second-order valence-corrected chi connectivity index (χ2v) is 8.72. The summed E-state index contributed by atoms with van der Waals surface area (Å²) in [7, 11) is -4.03. The zero-order valence-corrected chi connectivity index (χ0v) is 16.8. The van der Waals surface area contributed by atoms with Crippen LogP contribution in [0.5, 0.6) is 11.5 Å². The molecular formula is C19H23FN4O5S. The lowest BCUT2D eigenvalue weighted by atomic mass is 10.1. The molecule has 1 atom stereocenters. The van der Waals surface area contributed by atoms with Gasteiger partial charge in [0.2, 0.25) is 5.91 Å². The fourth-order valence-corrected chi connectivity index (χ4v) is 4.50. The largest absolute Gasteiger partial charge is 0.508 e. The number of nitrogens with two attached hydrogens (primary N) is 1. The first-order valence-electron chi connectivity index (χ1n) is 9.23. The molecule has 0 spiro atoms. The van der Waals surface area contributed by atoms with Gasteiger partial charge in [-0.15, -0.1) is 0 Å². The molecule has 2 aromatic carbocycles. The predicted octanol–water partition coefficient (Wildman–Crippen LogP) is 0.991. The number of rotatable bonds is 8. The Morgan fingerprint density at radius 1 is 1.20 bits per heavy atom. The highest BCUT2D eigenvalue weighted by Gasteiger charge is 2.34. The molecule has 1 amide bonds. The summed E-state index contributed by atoms with van der Waals surface area (Å²) in [6.07, 6.45) is 0.326. The van der Waals surface area contributed by atoms with Crippen LogP contribution in [0.4, 0.5) is 10.1 Å². The number of aromatic hydroxyl groups is 2. The number of hydrogen-bond acceptors (Lipinski definition) is 6. The van der Waals surface area contributed by atoms with E-state index < -0.39 is 27.9 Å². The molecule has 11 heteroatoms. The van der Waals surface area contributed by atoms with Crippen molar-refractivity contribution in [3.8, 4) is 11.5 Å². The van der Waals surface area contributed by atoms with Crippen LogP contribution in [0.25, 0.3) is 0 Å². The first-order valence-corrected chi connectivity index (χ1v) is 10.7. The lowest BCUT2D eigenvalue weighted by molar-refractivity contribution is -0.121. The molecule has 2 aromatic rings. The first kappa shape index (κ1) is 21.8. The monoisotopic (exact) mass is 438 g/mol. The van der Waals surface area contributed by atoms with Gasteiger partial charge < -0.3 is 21.3 Å². The summed E-state index contributed by atoms with van der Waals surface area (Å²) in [6, 6.07) is 8.50. The Morgan fingerprint density at radius 2 is 1.93 bits per heavy atom. The van der Waals surface area contributed by atoms with Gasteiger partial charge in [0.25, 0.3) is 0 Å². The van der Waals surface area contributed by atoms with Crippen molar-refractivity contribution in [1.82, 2.24) is 9.62 Å². The number of phenols is 2. The molecule has 0 radical (unpaired) electrons. The molecule has 0 aromatic heterocycles. The molecule has 9 nitrogen and oxygen atoms in total. The number of phenolic OH excluding ortho intramolecular Hbond substituents is 2. The maximum Gasteiger partial charge on any atom is 0.301 e. The van der Waals surface area contributed by atoms with E-state index in [1.54, 1.807) is 0 Å². The molecule has 1 fully saturated rings. The number of benzene rings is 2. The summed E-state index contributed by atoms with van der Waals surface area (Å²) >= 11 is 0. The van der Waals surface area contributed by atoms with E-state index in [0.717, 1.165) is 4.31 Å². The van der Waals surface area contributed by atoms with E-state index in [2.05, 4.69) is 10.0 Å². The molecule has 30 heavy (non-hydrogen) atoms. The Labute approximate surface area is 173 Å². The minimum Gasteiger partial charge on any atom is -0.508 e. The van der Waals surface area contributed by atoms with Crippen LogP contribution in [0, 0.1) is 11.7 Å². The van der Waals surface area contributed by atoms with Crippen LogP contribution in [-0.4, -0.2) is 41.9 Å². The van der Waals surface area contributed by atoms with Gasteiger partial charge in [-0.2, -0.15) is 12.7 Å². The van der Waals surface area contributed by atoms with Gasteiger partial charge in [0.15, 0.2) is 5.82 Å². The maximum absolute atomic E-state index is 14.8. The third-order valence-corrected chi connectivity index (χ3v) is 6.40. The number of hydrogen-bond donors (Lipinski definition) is 5. The van der Waals surface area contributed by atoms with Gasteiger partial charge in [0.05, 0.1) is 11.6 Å². The topological polar surface area (TPSA) is 145 Å². The van der Waals surface area contributed by atoms with Gasteiger partial charge in [0, 0.05) is 43.4 Å². The number of carbonyl (C=O) groups is 1. The molecule has 0 aliphatic carbocycles. The Kier molecular flexibility index (Phi) is 6.44. The van der Waals surface area contributed by atoms with Gasteiger partial charge in [0.1, 0.15) is 11.5 Å². The van der Waals surface area contributed by atoms with Crippen LogP contribution >= 0.6 is 0 Å². The van der Waals surface area contributed by atoms with Crippen LogP contribution in [0.15, 0.2) is 36.4 Å². The Bertz CT molecular complexity index is 1050. The van der Waals surface area contributed by atoms with E-state index in [0.29, 0.717) is 12.0 Å². The number of amides is 1. The highest BCUT2D eigenvalue weighted by Crippen LogP contribution is 2.25. The molecule has 1 aliphatic heterocycles. The number of halogens is 1. The van der Waals surface area contributed by atoms with Gasteiger partial charge in [-0.25, -0.2) is 4.39 Å². The first-order chi connectivity index (χ1) is 14.2. The van der Waals surface area contributed by atoms with Gasteiger partial charge in [-0.1, -0.05) is 18.2 Å². The van der Waals surface area contributed by atoms with Crippen molar-refractivity contribution >= 4 is 21.8 Å². The molecule has 0 saturated carbocycles. The molecule has 1 saturated heterocycles. The fraction of sp³-hybridized carbons (Fsp3) is 0.316. The average Bonchev–Trinajstić information content (AvgIpc) is 3.18. The maximum atomic E-state index is 14.8. The van der Waals surface area contributed by atoms with Crippen molar-refractivity contribution in [2.24, 2.45) is 11.7 Å². The van der Waals surface area contributed by atoms with Crippen LogP contribution in [-0.2, 0) is 28.1 Å². The number of primary amides is 1. The number of carbonyl (C=O) groups excluding carboxylic acids is 1. The van der Waals surface area contributed by atoms with Crippen molar-refractivity contribution in [2.75, 3.05) is 17.8 Å². The molecule has 162 valence electrons. The fourth-order valence-electron chi connectivity index (χ4n) is 3.21. The van der Waals surface area contributed by atoms with Crippen LogP contribution in [0.3, 0.4) is 0 Å². The molecule has 1 aliphatic rings. The highest BCUT2D eigenvalue weighted by atomic mass is 32.2. The lowest BCUT2D eigenvalue weighted by Crippen LogP contribution is -2.36. The van der Waals surface area contributed by atoms with Gasteiger partial charge >= 0.3 is 10.2 Å². The van der Waals surface area contributed by atoms with E-state index in [9.17, 15) is 27.8 Å². The predicted molar refractivity (Wildman–Crippen MR) is 108 cm³/mol. The quantitative estimate of drug-likeness (QED) is 0.416. The van der Waals surface area contributed by atoms with Crippen LogP contribution < -0.4 is 15.8 Å². The van der Waals surface area contributed by atoms with Crippen LogP contribution in [0.2, 0.25) is 0 Å². The third-order valence-electron chi connectivity index (χ3n) is 4.91. The summed E-state index contributed by atoms with van der Waals surface area (Å²) in [4.78, 5) is 11.3. The van der Waals surface area contributed by atoms with Crippen LogP contribution in [0.1, 0.15) is 17.5 Å². The molecule has 1 heterocycles. The SMILES string of the molecule is NC(=O)C1CCN(S(=O)(=O)Nc2cccc(CNCc3ccc(O)cc3O)c2F)C1. The molecular weight excluding hydrogens is 415 g/mol. The van der Waals surface area contributed by atoms with Crippen molar-refractivity contribution in [3.63, 3.8) is 0 Å². The lowest BCUT2D eigenvalue weighted by Gasteiger charge is -2.18. The summed E-state index contributed by atoms with van der Waals surface area (Å²) in [5, 5.41) is 22.1. The number of nitrogens with one attached hydrogen (secondary N) is 2. The van der Waals surface area contributed by atoms with E-state index in [-0.39, 0.29) is 48.9 Å². The zero-order valence-electron chi connectivity index (χ0n) is 16.0. The normalized spacial score (nSPS) is 17.2. The number of nitrogens with zero attached hydrogens (tertiary/aromatic N) is 1. The summed E-state index contributed by atoms with van der Waals surface area (Å²) < 4.78 is 43.2. The van der Waals surface area contributed by atoms with Gasteiger partial charge in [-0.05, 0) is 18.6 Å². The summed E-state index contributed by atoms with van der Waals surface area (Å²) in [6.45, 7) is 0.380. The Hall–Kier alpha value is -2.89. The van der Waals surface area contributed by atoms with E-state index in [4.69, 9.17) is 5.73 Å². The summed E-state index contributed by atoms with van der Waals surface area (Å²) in [5.41, 5.74) is 5.77. The second-order valence-electron chi connectivity index (χ2n) is 7.05. The average molecular weight is 438 g/mol. The smallest absolute Gasteiger partial charge is 0.301 e. The second kappa shape index (κ2) is 8.86. The Morgan fingerprint density at radius 3 is 2.60 bits per heavy atom. The zero-order chi connectivity index (χ0) is 21.9. The molecule has 1 unspecified atom stereocenters. The minimum absolute atomic E-state index is 0.0380. The van der Waals surface area contributed by atoms with E-state index >= 15 is 0 Å². The van der Waals surface area contributed by atoms with Crippen molar-refractivity contribution in [2.45, 2.75) is 19.5 Å². The standard InChI is InChI=1S/C19H23FN4O5S/c20-18-13(10-22-9-12-4-5-15(25)8-17(12)26)2-1-3-16(18)23-30(28,29)24-7-6-14(11-24)19(21)27/h1-5,8,14,22-23,25-26H,6-7,9-11H2,(H2,21,27). The van der Waals surface area contributed by atoms with E-state index in [1.807, 2.05) is 0 Å². The molecule has 6 N–H and O–H groups in total. The highest BCUT2D eigenvalue weighted by molar-refractivity contribution is 7.90. The third kappa shape index (κ3) is 4.99. The summed E-state index contributed by atoms with van der Waals surface area (Å²) in [5.74, 6) is -2.01. The number of anilines is 1. The molecule has 0 bridgehead atoms. The van der Waals surface area contributed by atoms with Crippen molar-refractivity contribution < 1.29 is 27.8 Å². The minimum atomic E-state index is -4.03. The molecule has 3 rings (SSSR count). The van der Waals surface area contributed by atoms with Crippen molar-refractivity contribution in [3.05, 3.63) is 53.3 Å². The van der Waals surface area contributed by atoms with E-state index in [1.165, 1.54) is 36.4 Å². The van der Waals surface area contributed by atoms with Crippen molar-refractivity contribution in [1.29, 1.82) is 0 Å².